The fourth-order valence-electron chi connectivity index (χ4n) is 5.20. The largest absolute Gasteiger partial charge is 0.372 e. The number of hydrogen-bond acceptors (Lipinski definition) is 5. The number of carbonyl (C=O) groups is 2. The van der Waals surface area contributed by atoms with Crippen molar-refractivity contribution in [3.8, 4) is 0 Å². The van der Waals surface area contributed by atoms with Crippen LogP contribution < -0.4 is 10.6 Å². The zero-order valence-electron chi connectivity index (χ0n) is 19.6. The average Bonchev–Trinajstić information content (AvgIpc) is 3.10. The number of rotatable bonds is 4. The average molecular weight is 472 g/mol. The summed E-state index contributed by atoms with van der Waals surface area (Å²) in [6.45, 7) is 0. The van der Waals surface area contributed by atoms with Crippen LogP contribution in [0.5, 0.6) is 0 Å². The van der Waals surface area contributed by atoms with Crippen LogP contribution in [0, 0.1) is 0 Å². The van der Waals surface area contributed by atoms with Crippen LogP contribution in [0.15, 0.2) is 115 Å². The van der Waals surface area contributed by atoms with Crippen molar-refractivity contribution in [3.63, 3.8) is 0 Å². The van der Waals surface area contributed by atoms with Gasteiger partial charge in [-0.25, -0.2) is 0 Å². The lowest BCUT2D eigenvalue weighted by Gasteiger charge is -2.29. The molecule has 2 aliphatic rings. The maximum Gasteiger partial charge on any atom is 0.193 e. The van der Waals surface area contributed by atoms with Gasteiger partial charge in [0.25, 0.3) is 0 Å². The van der Waals surface area contributed by atoms with Gasteiger partial charge in [-0.1, -0.05) is 66.7 Å². The molecule has 2 N–H and O–H groups in total. The minimum atomic E-state index is -0.331. The van der Waals surface area contributed by atoms with Gasteiger partial charge >= 0.3 is 0 Å². The number of aromatic nitrogens is 1. The number of pyridine rings is 1. The summed E-state index contributed by atoms with van der Waals surface area (Å²) in [4.78, 5) is 31.1. The van der Waals surface area contributed by atoms with E-state index in [1.807, 2.05) is 78.9 Å². The van der Waals surface area contributed by atoms with E-state index in [0.29, 0.717) is 24.0 Å². The summed E-state index contributed by atoms with van der Waals surface area (Å²) in [6, 6.07) is 28.6. The first-order chi connectivity index (χ1) is 17.7. The van der Waals surface area contributed by atoms with Gasteiger partial charge in [0.1, 0.15) is 0 Å². The molecule has 0 saturated carbocycles. The zero-order valence-corrected chi connectivity index (χ0v) is 19.6. The number of fused-ring (bicyclic) bond motifs is 1. The number of nitrogens with one attached hydrogen (secondary N) is 2. The highest BCUT2D eigenvalue weighted by atomic mass is 16.1. The number of allylic oxidation sites excluding steroid dienone is 1. The van der Waals surface area contributed by atoms with Gasteiger partial charge in [-0.05, 0) is 47.7 Å². The lowest BCUT2D eigenvalue weighted by molar-refractivity contribution is -0.116. The quantitative estimate of drug-likeness (QED) is 0.342. The number of nitrogens with zero attached hydrogens (tertiary/aromatic N) is 1. The van der Waals surface area contributed by atoms with Crippen LogP contribution in [0.1, 0.15) is 51.8 Å². The molecule has 176 valence electrons. The van der Waals surface area contributed by atoms with E-state index in [-0.39, 0.29) is 23.5 Å². The summed E-state index contributed by atoms with van der Waals surface area (Å²) in [7, 11) is 0. The predicted octanol–water partition coefficient (Wildman–Crippen LogP) is 6.29. The van der Waals surface area contributed by atoms with Gasteiger partial charge in [-0.15, -0.1) is 0 Å². The lowest BCUT2D eigenvalue weighted by Crippen LogP contribution is -2.26. The molecule has 0 amide bonds. The second-order valence-electron chi connectivity index (χ2n) is 9.28. The molecule has 0 bridgehead atoms. The van der Waals surface area contributed by atoms with Crippen molar-refractivity contribution >= 4 is 22.9 Å². The highest BCUT2D eigenvalue weighted by Crippen LogP contribution is 2.44. The van der Waals surface area contributed by atoms with Crippen molar-refractivity contribution in [2.75, 3.05) is 10.6 Å². The number of Topliss-reactive ketones (excluding diaryl/α,β-unsaturated/α-hetero) is 1. The first-order valence-corrected chi connectivity index (χ1v) is 12.2. The smallest absolute Gasteiger partial charge is 0.193 e. The SMILES string of the molecule is O=C1C[C@@H](c2ccccc2)CC2=C1[C@H](c1cccnc1)Nc1ccc(C(=O)c3ccccc3)cc1N2. The maximum absolute atomic E-state index is 13.6. The molecule has 0 fully saturated rings. The first-order valence-electron chi connectivity index (χ1n) is 12.2. The molecule has 5 heteroatoms. The molecule has 1 aliphatic heterocycles. The van der Waals surface area contributed by atoms with Gasteiger partial charge in [0.15, 0.2) is 11.6 Å². The summed E-state index contributed by atoms with van der Waals surface area (Å²) < 4.78 is 0. The molecule has 0 radical (unpaired) electrons. The van der Waals surface area contributed by atoms with Crippen LogP contribution >= 0.6 is 0 Å². The topological polar surface area (TPSA) is 71.1 Å². The van der Waals surface area contributed by atoms with Gasteiger partial charge < -0.3 is 10.6 Å². The van der Waals surface area contributed by atoms with E-state index in [0.717, 1.165) is 33.8 Å². The van der Waals surface area contributed by atoms with Gasteiger partial charge in [0.05, 0.1) is 17.4 Å². The van der Waals surface area contributed by atoms with Crippen LogP contribution in [0.3, 0.4) is 0 Å². The second kappa shape index (κ2) is 9.27. The second-order valence-corrected chi connectivity index (χ2v) is 9.28. The van der Waals surface area contributed by atoms with Gasteiger partial charge in [0.2, 0.25) is 0 Å². The Labute approximate surface area is 209 Å². The van der Waals surface area contributed by atoms with Crippen LogP contribution in [-0.2, 0) is 4.79 Å². The molecule has 4 aromatic rings. The van der Waals surface area contributed by atoms with Crippen LogP contribution in [-0.4, -0.2) is 16.6 Å². The van der Waals surface area contributed by atoms with E-state index in [1.54, 1.807) is 12.4 Å². The zero-order chi connectivity index (χ0) is 24.5. The Bertz CT molecular complexity index is 1460. The van der Waals surface area contributed by atoms with E-state index in [9.17, 15) is 9.59 Å². The third-order valence-corrected chi connectivity index (χ3v) is 6.99. The minimum absolute atomic E-state index is 0.0376. The van der Waals surface area contributed by atoms with Crippen LogP contribution in [0.4, 0.5) is 11.4 Å². The number of ketones is 2. The molecule has 0 saturated heterocycles. The van der Waals surface area contributed by atoms with Crippen molar-refractivity contribution in [1.82, 2.24) is 4.98 Å². The van der Waals surface area contributed by atoms with Gasteiger partial charge in [-0.3, -0.25) is 14.6 Å². The molecule has 2 atom stereocenters. The van der Waals surface area contributed by atoms with Gasteiger partial charge in [0, 0.05) is 41.2 Å². The molecule has 2 heterocycles. The molecule has 3 aromatic carbocycles. The Hall–Kier alpha value is -4.51. The van der Waals surface area contributed by atoms with E-state index in [4.69, 9.17) is 0 Å². The number of anilines is 2. The monoisotopic (exact) mass is 471 g/mol. The van der Waals surface area contributed by atoms with E-state index in [1.165, 1.54) is 0 Å². The molecule has 1 aromatic heterocycles. The van der Waals surface area contributed by atoms with Gasteiger partial charge in [-0.2, -0.15) is 0 Å². The van der Waals surface area contributed by atoms with Crippen molar-refractivity contribution in [3.05, 3.63) is 137 Å². The third kappa shape index (κ3) is 4.09. The predicted molar refractivity (Wildman–Crippen MR) is 141 cm³/mol. The molecule has 0 spiro atoms. The fourth-order valence-corrected chi connectivity index (χ4v) is 5.20. The normalized spacial score (nSPS) is 18.8. The highest BCUT2D eigenvalue weighted by molar-refractivity contribution is 6.10. The fraction of sp³-hybridized carbons (Fsp3) is 0.129. The van der Waals surface area contributed by atoms with E-state index in [2.05, 4.69) is 27.8 Å². The lowest BCUT2D eigenvalue weighted by atomic mass is 9.79. The summed E-state index contributed by atoms with van der Waals surface area (Å²) >= 11 is 0. The Morgan fingerprint density at radius 1 is 0.778 bits per heavy atom. The first kappa shape index (κ1) is 22.0. The molecule has 0 unspecified atom stereocenters. The van der Waals surface area contributed by atoms with E-state index < -0.39 is 0 Å². The van der Waals surface area contributed by atoms with Crippen molar-refractivity contribution in [1.29, 1.82) is 0 Å². The molecular formula is C31H25N3O2. The molecule has 1 aliphatic carbocycles. The highest BCUT2D eigenvalue weighted by Gasteiger charge is 2.36. The van der Waals surface area contributed by atoms with Crippen molar-refractivity contribution < 1.29 is 9.59 Å². The number of benzene rings is 3. The molecule has 5 nitrogen and oxygen atoms in total. The Balaban J connectivity index is 1.43. The molecule has 36 heavy (non-hydrogen) atoms. The standard InChI is InChI=1S/C31H25N3O2/c35-28-18-24(20-8-3-1-4-9-20)17-27-29(28)30(23-12-7-15-32-19-23)34-25-14-13-22(16-26(25)33-27)31(36)21-10-5-2-6-11-21/h1-16,19,24,30,33-34H,17-18H2/t24-,30-/m0/s1. The number of carbonyl (C=O) groups excluding carboxylic acids is 2. The summed E-state index contributed by atoms with van der Waals surface area (Å²) in [6.07, 6.45) is 4.70. The maximum atomic E-state index is 13.6. The molecule has 6 rings (SSSR count). The Morgan fingerprint density at radius 2 is 1.53 bits per heavy atom. The third-order valence-electron chi connectivity index (χ3n) is 6.99. The summed E-state index contributed by atoms with van der Waals surface area (Å²) in [5.41, 5.74) is 6.58. The number of hydrogen-bond donors (Lipinski definition) is 2. The van der Waals surface area contributed by atoms with Crippen molar-refractivity contribution in [2.45, 2.75) is 24.8 Å². The summed E-state index contributed by atoms with van der Waals surface area (Å²) in [5.74, 6) is 0.173. The van der Waals surface area contributed by atoms with Crippen molar-refractivity contribution in [2.24, 2.45) is 0 Å². The molecular weight excluding hydrogens is 446 g/mol. The minimum Gasteiger partial charge on any atom is -0.372 e. The summed E-state index contributed by atoms with van der Waals surface area (Å²) in [5, 5.41) is 7.14. The Morgan fingerprint density at radius 3 is 2.28 bits per heavy atom. The van der Waals surface area contributed by atoms with Crippen LogP contribution in [0.2, 0.25) is 0 Å². The van der Waals surface area contributed by atoms with Crippen LogP contribution in [0.25, 0.3) is 0 Å². The van der Waals surface area contributed by atoms with E-state index >= 15 is 0 Å². The Kier molecular flexibility index (Phi) is 5.66.